The van der Waals surface area contributed by atoms with Gasteiger partial charge in [0.2, 0.25) is 0 Å². The molecule has 0 N–H and O–H groups in total. The first-order chi connectivity index (χ1) is 18.5. The minimum absolute atomic E-state index is 0.179. The Morgan fingerprint density at radius 2 is 1.11 bits per heavy atom. The first kappa shape index (κ1) is 30.0. The summed E-state index contributed by atoms with van der Waals surface area (Å²) < 4.78 is 17.0. The van der Waals surface area contributed by atoms with Crippen molar-refractivity contribution in [1.82, 2.24) is 0 Å². The van der Waals surface area contributed by atoms with Crippen molar-refractivity contribution in [2.45, 2.75) is 85.8 Å². The normalized spacial score (nSPS) is 11.3. The van der Waals surface area contributed by atoms with E-state index in [1.165, 1.54) is 0 Å². The molecule has 0 aliphatic heterocycles. The zero-order valence-electron chi connectivity index (χ0n) is 23.3. The summed E-state index contributed by atoms with van der Waals surface area (Å²) in [7, 11) is 0. The van der Waals surface area contributed by atoms with Crippen LogP contribution >= 0.6 is 0 Å². The Bertz CT molecular complexity index is 1100. The Hall–Kier alpha value is -2.54. The van der Waals surface area contributed by atoms with Gasteiger partial charge in [-0.05, 0) is 0 Å². The standard InChI is InChI=1S/C20H16NO4.3C4H9.Sn/c22-21(23)18-11-12-19(24-14-16-7-3-1-4-8-16)20(13-18)25-15-17-9-5-2-6-10-17;3*1-3-4-2;/h1-10,12-13H,14-15H2;3*1,3-4H2,2H3;. The third kappa shape index (κ3) is 8.48. The van der Waals surface area contributed by atoms with Gasteiger partial charge in [0.1, 0.15) is 0 Å². The predicted molar refractivity (Wildman–Crippen MR) is 159 cm³/mol. The van der Waals surface area contributed by atoms with Crippen LogP contribution in [0.4, 0.5) is 5.69 Å². The van der Waals surface area contributed by atoms with Crippen molar-refractivity contribution in [3.05, 3.63) is 94.0 Å². The first-order valence-corrected chi connectivity index (χ1v) is 21.7. The van der Waals surface area contributed by atoms with E-state index in [4.69, 9.17) is 9.47 Å². The maximum absolute atomic E-state index is 12.5. The van der Waals surface area contributed by atoms with Crippen molar-refractivity contribution in [3.8, 4) is 11.5 Å². The van der Waals surface area contributed by atoms with Crippen LogP contribution in [0.5, 0.6) is 11.5 Å². The molecule has 0 unspecified atom stereocenters. The van der Waals surface area contributed by atoms with Crippen molar-refractivity contribution < 1.29 is 14.4 Å². The third-order valence-electron chi connectivity index (χ3n) is 7.33. The molecule has 0 aromatic heterocycles. The van der Waals surface area contributed by atoms with Crippen LogP contribution in [0.3, 0.4) is 0 Å². The molecule has 0 radical (unpaired) electrons. The second kappa shape index (κ2) is 15.8. The van der Waals surface area contributed by atoms with Gasteiger partial charge in [-0.3, -0.25) is 0 Å². The topological polar surface area (TPSA) is 61.6 Å². The zero-order valence-corrected chi connectivity index (χ0v) is 26.1. The van der Waals surface area contributed by atoms with Crippen molar-refractivity contribution in [1.29, 1.82) is 0 Å². The van der Waals surface area contributed by atoms with E-state index in [9.17, 15) is 10.1 Å². The zero-order chi connectivity index (χ0) is 27.2. The van der Waals surface area contributed by atoms with E-state index in [0.717, 1.165) is 66.5 Å². The Morgan fingerprint density at radius 3 is 1.50 bits per heavy atom. The molecule has 0 bridgehead atoms. The fourth-order valence-corrected chi connectivity index (χ4v) is 21.7. The summed E-state index contributed by atoms with van der Waals surface area (Å²) in [6.45, 7) is 7.38. The molecule has 3 rings (SSSR count). The van der Waals surface area contributed by atoms with Crippen molar-refractivity contribution >= 4 is 27.6 Å². The Morgan fingerprint density at radius 1 is 0.684 bits per heavy atom. The van der Waals surface area contributed by atoms with Gasteiger partial charge in [-0.2, -0.15) is 0 Å². The van der Waals surface area contributed by atoms with Crippen LogP contribution in [-0.2, 0) is 13.2 Å². The number of rotatable bonds is 17. The summed E-state index contributed by atoms with van der Waals surface area (Å²) >= 11 is -3.15. The van der Waals surface area contributed by atoms with Gasteiger partial charge < -0.3 is 0 Å². The maximum atomic E-state index is 12.5. The van der Waals surface area contributed by atoms with Crippen LogP contribution in [0, 0.1) is 10.1 Å². The summed E-state index contributed by atoms with van der Waals surface area (Å²) in [4.78, 5) is 12.4. The molecule has 0 saturated heterocycles. The fraction of sp³-hybridized carbons (Fsp3) is 0.438. The van der Waals surface area contributed by atoms with E-state index in [1.807, 2.05) is 66.7 Å². The fourth-order valence-electron chi connectivity index (χ4n) is 5.15. The molecule has 204 valence electrons. The molecule has 0 aliphatic carbocycles. The van der Waals surface area contributed by atoms with Gasteiger partial charge in [0.25, 0.3) is 0 Å². The molecule has 6 heteroatoms. The minimum atomic E-state index is -3.15. The van der Waals surface area contributed by atoms with Gasteiger partial charge in [0.05, 0.1) is 0 Å². The Kier molecular flexibility index (Phi) is 12.5. The summed E-state index contributed by atoms with van der Waals surface area (Å²) in [6.07, 6.45) is 6.73. The monoisotopic (exact) mass is 625 g/mol. The van der Waals surface area contributed by atoms with Crippen LogP contribution in [0.1, 0.15) is 70.4 Å². The van der Waals surface area contributed by atoms with Gasteiger partial charge >= 0.3 is 233 Å². The van der Waals surface area contributed by atoms with E-state index in [1.54, 1.807) is 6.07 Å². The van der Waals surface area contributed by atoms with Crippen LogP contribution in [0.25, 0.3) is 0 Å². The molecule has 0 aliphatic rings. The van der Waals surface area contributed by atoms with Crippen LogP contribution < -0.4 is 13.1 Å². The molecular weight excluding hydrogens is 581 g/mol. The van der Waals surface area contributed by atoms with Gasteiger partial charge in [0.15, 0.2) is 0 Å². The number of nitro benzene ring substituents is 1. The number of nitro groups is 1. The second-order valence-corrected chi connectivity index (χ2v) is 23.3. The predicted octanol–water partition coefficient (Wildman–Crippen LogP) is 8.81. The number of hydrogen-bond acceptors (Lipinski definition) is 4. The summed E-state index contributed by atoms with van der Waals surface area (Å²) in [5, 5.41) is 12.5. The van der Waals surface area contributed by atoms with Crippen molar-refractivity contribution in [2.24, 2.45) is 0 Å². The van der Waals surface area contributed by atoms with Crippen LogP contribution in [0.2, 0.25) is 13.3 Å². The van der Waals surface area contributed by atoms with Gasteiger partial charge in [-0.15, -0.1) is 0 Å². The summed E-state index contributed by atoms with van der Waals surface area (Å²) in [5.41, 5.74) is 2.30. The number of ether oxygens (including phenoxy) is 2. The summed E-state index contributed by atoms with van der Waals surface area (Å²) in [6, 6.07) is 23.6. The number of unbranched alkanes of at least 4 members (excludes halogenated alkanes) is 3. The molecule has 38 heavy (non-hydrogen) atoms. The van der Waals surface area contributed by atoms with E-state index < -0.39 is 18.4 Å². The molecule has 3 aromatic rings. The Balaban J connectivity index is 2.10. The van der Waals surface area contributed by atoms with Crippen LogP contribution in [0.15, 0.2) is 72.8 Å². The van der Waals surface area contributed by atoms with Gasteiger partial charge in [-0.25, -0.2) is 0 Å². The van der Waals surface area contributed by atoms with Gasteiger partial charge in [0, 0.05) is 0 Å². The molecule has 0 amide bonds. The van der Waals surface area contributed by atoms with E-state index in [0.29, 0.717) is 24.7 Å². The molecule has 0 spiro atoms. The molecule has 0 heterocycles. The van der Waals surface area contributed by atoms with Crippen molar-refractivity contribution in [3.63, 3.8) is 0 Å². The van der Waals surface area contributed by atoms with E-state index in [2.05, 4.69) is 20.8 Å². The molecular formula is C32H43NO4Sn. The van der Waals surface area contributed by atoms with Crippen molar-refractivity contribution in [2.75, 3.05) is 0 Å². The third-order valence-corrected chi connectivity index (χ3v) is 23.0. The van der Waals surface area contributed by atoms with E-state index >= 15 is 0 Å². The van der Waals surface area contributed by atoms with Crippen LogP contribution in [-0.4, -0.2) is 23.3 Å². The number of nitrogens with zero attached hydrogens (tertiary/aromatic N) is 1. The molecule has 0 saturated carbocycles. The first-order valence-electron chi connectivity index (χ1n) is 14.2. The average Bonchev–Trinajstić information content (AvgIpc) is 2.95. The quantitative estimate of drug-likeness (QED) is 0.0856. The molecule has 0 atom stereocenters. The van der Waals surface area contributed by atoms with Gasteiger partial charge in [-0.1, -0.05) is 0 Å². The molecule has 3 aromatic carbocycles. The SMILES string of the molecule is CCC[CH2][Sn]([CH2]CCC)([CH2]CCC)[c]1cc(OCc2ccccc2)c(OCc2ccccc2)cc1[N+](=O)[O-]. The summed E-state index contributed by atoms with van der Waals surface area (Å²) in [5.74, 6) is 1.07. The number of hydrogen-bond donors (Lipinski definition) is 0. The van der Waals surface area contributed by atoms with E-state index in [-0.39, 0.29) is 10.6 Å². The second-order valence-electron chi connectivity index (χ2n) is 10.2. The Labute approximate surface area is 232 Å². The molecule has 0 fully saturated rings. The number of benzene rings is 3. The molecule has 5 nitrogen and oxygen atoms in total. The average molecular weight is 624 g/mol.